The van der Waals surface area contributed by atoms with Gasteiger partial charge in [-0.15, -0.1) is 0 Å². The highest BCUT2D eigenvalue weighted by Crippen LogP contribution is 2.27. The van der Waals surface area contributed by atoms with E-state index in [1.165, 1.54) is 12.1 Å². The molecule has 0 aliphatic heterocycles. The lowest BCUT2D eigenvalue weighted by atomic mass is 10.1. The number of nitrogens with zero attached hydrogens (tertiary/aromatic N) is 1. The van der Waals surface area contributed by atoms with Gasteiger partial charge in [-0.05, 0) is 18.6 Å². The molecule has 0 radical (unpaired) electrons. The van der Waals surface area contributed by atoms with Gasteiger partial charge in [-0.3, -0.25) is 19.7 Å². The summed E-state index contributed by atoms with van der Waals surface area (Å²) in [6, 6.07) is 3.88. The number of ether oxygens (including phenoxy) is 1. The van der Waals surface area contributed by atoms with Gasteiger partial charge in [0.25, 0.3) is 11.6 Å². The zero-order valence-corrected chi connectivity index (χ0v) is 13.1. The number of anilines is 1. The van der Waals surface area contributed by atoms with Gasteiger partial charge in [0, 0.05) is 11.8 Å². The zero-order chi connectivity index (χ0) is 16.7. The number of hydrogen-bond acceptors (Lipinski definition) is 5. The highest BCUT2D eigenvalue weighted by molar-refractivity contribution is 6.32. The largest absolute Gasteiger partial charge is 0.455 e. The number of hydrogen-bond donors (Lipinski definition) is 1. The van der Waals surface area contributed by atoms with E-state index in [1.54, 1.807) is 6.92 Å². The van der Waals surface area contributed by atoms with Crippen LogP contribution < -0.4 is 5.32 Å². The Labute approximate surface area is 132 Å². The fraction of sp³-hybridized carbons (Fsp3) is 0.429. The normalized spacial score (nSPS) is 11.6. The summed E-state index contributed by atoms with van der Waals surface area (Å²) in [5, 5.41) is 13.1. The molecular weight excluding hydrogens is 312 g/mol. The second kappa shape index (κ2) is 8.33. The molecule has 0 saturated heterocycles. The lowest BCUT2D eigenvalue weighted by Gasteiger charge is -2.10. The molecular formula is C14H17ClN2O5. The predicted octanol–water partition coefficient (Wildman–Crippen LogP) is 3.17. The Hall–Kier alpha value is -2.15. The van der Waals surface area contributed by atoms with Gasteiger partial charge in [-0.25, -0.2) is 0 Å². The van der Waals surface area contributed by atoms with Crippen LogP contribution in [0.3, 0.4) is 0 Å². The van der Waals surface area contributed by atoms with Gasteiger partial charge >= 0.3 is 5.97 Å². The molecule has 1 amide bonds. The molecule has 0 aromatic heterocycles. The minimum Gasteiger partial charge on any atom is -0.455 e. The Balaban J connectivity index is 2.57. The number of nitro groups is 1. The molecule has 0 aliphatic rings. The minimum atomic E-state index is -0.648. The molecule has 1 rings (SSSR count). The Morgan fingerprint density at radius 1 is 1.45 bits per heavy atom. The summed E-state index contributed by atoms with van der Waals surface area (Å²) in [6.07, 6.45) is 1.53. The predicted molar refractivity (Wildman–Crippen MR) is 81.8 cm³/mol. The van der Waals surface area contributed by atoms with Crippen LogP contribution in [0.5, 0.6) is 0 Å². The van der Waals surface area contributed by atoms with Crippen molar-refractivity contribution < 1.29 is 19.2 Å². The Bertz CT molecular complexity index is 576. The van der Waals surface area contributed by atoms with Crippen LogP contribution in [0.2, 0.25) is 5.02 Å². The van der Waals surface area contributed by atoms with Crippen molar-refractivity contribution >= 4 is 34.9 Å². The number of halogens is 1. The first-order valence-electron chi connectivity index (χ1n) is 6.75. The molecule has 1 unspecified atom stereocenters. The lowest BCUT2D eigenvalue weighted by molar-refractivity contribution is -0.384. The summed E-state index contributed by atoms with van der Waals surface area (Å²) in [5.41, 5.74) is -0.105. The number of amides is 1. The molecule has 0 heterocycles. The average Bonchev–Trinajstić information content (AvgIpc) is 2.46. The van der Waals surface area contributed by atoms with Crippen molar-refractivity contribution in [1.29, 1.82) is 0 Å². The molecule has 0 spiro atoms. The van der Waals surface area contributed by atoms with Crippen LogP contribution in [0.15, 0.2) is 18.2 Å². The van der Waals surface area contributed by atoms with Crippen LogP contribution in [0.1, 0.15) is 26.7 Å². The van der Waals surface area contributed by atoms with Gasteiger partial charge in [0.2, 0.25) is 0 Å². The fourth-order valence-electron chi connectivity index (χ4n) is 1.76. The number of esters is 1. The van der Waals surface area contributed by atoms with Crippen LogP contribution in [0.4, 0.5) is 11.4 Å². The highest BCUT2D eigenvalue weighted by Gasteiger charge is 2.16. The van der Waals surface area contributed by atoms with Gasteiger partial charge in [0.15, 0.2) is 6.61 Å². The van der Waals surface area contributed by atoms with Crippen LogP contribution in [0, 0.1) is 16.0 Å². The van der Waals surface area contributed by atoms with E-state index >= 15 is 0 Å². The maximum absolute atomic E-state index is 11.7. The number of nitrogens with one attached hydrogen (secondary N) is 1. The number of rotatable bonds is 7. The van der Waals surface area contributed by atoms with Crippen molar-refractivity contribution in [2.45, 2.75) is 26.7 Å². The SMILES string of the molecule is CCCC(C)C(=O)OCC(=O)Nc1ccc(Cl)c([N+](=O)[O-])c1. The van der Waals surface area contributed by atoms with Gasteiger partial charge in [-0.1, -0.05) is 31.9 Å². The molecule has 0 bridgehead atoms. The molecule has 1 aromatic rings. The van der Waals surface area contributed by atoms with Gasteiger partial charge < -0.3 is 10.1 Å². The molecule has 120 valence electrons. The molecule has 0 fully saturated rings. The quantitative estimate of drug-likeness (QED) is 0.471. The summed E-state index contributed by atoms with van der Waals surface area (Å²) in [5.74, 6) is -1.29. The van der Waals surface area contributed by atoms with E-state index in [2.05, 4.69) is 5.32 Å². The van der Waals surface area contributed by atoms with Gasteiger partial charge in [0.05, 0.1) is 10.8 Å². The number of carbonyl (C=O) groups is 2. The maximum Gasteiger partial charge on any atom is 0.309 e. The summed E-state index contributed by atoms with van der Waals surface area (Å²) in [4.78, 5) is 33.3. The molecule has 1 aromatic carbocycles. The van der Waals surface area contributed by atoms with Crippen LogP contribution >= 0.6 is 11.6 Å². The van der Waals surface area contributed by atoms with Crippen LogP contribution in [-0.2, 0) is 14.3 Å². The standard InChI is InChI=1S/C14H17ClN2O5/c1-3-4-9(2)14(19)22-8-13(18)16-10-5-6-11(15)12(7-10)17(20)21/h5-7,9H,3-4,8H2,1-2H3,(H,16,18). The third-order valence-corrected chi connectivity index (χ3v) is 3.22. The maximum atomic E-state index is 11.7. The van der Waals surface area contributed by atoms with Crippen molar-refractivity contribution in [3.63, 3.8) is 0 Å². The van der Waals surface area contributed by atoms with E-state index in [4.69, 9.17) is 16.3 Å². The first kappa shape index (κ1) is 17.9. The van der Waals surface area contributed by atoms with E-state index in [9.17, 15) is 19.7 Å². The van der Waals surface area contributed by atoms with E-state index in [0.29, 0.717) is 6.42 Å². The average molecular weight is 329 g/mol. The first-order valence-corrected chi connectivity index (χ1v) is 7.13. The molecule has 7 nitrogen and oxygen atoms in total. The van der Waals surface area contributed by atoms with Crippen molar-refractivity contribution in [2.24, 2.45) is 5.92 Å². The highest BCUT2D eigenvalue weighted by atomic mass is 35.5. The number of nitro benzene ring substituents is 1. The molecule has 1 atom stereocenters. The topological polar surface area (TPSA) is 98.5 Å². The van der Waals surface area contributed by atoms with Crippen LogP contribution in [0.25, 0.3) is 0 Å². The molecule has 0 aliphatic carbocycles. The summed E-state index contributed by atoms with van der Waals surface area (Å²) in [7, 11) is 0. The molecule has 8 heteroatoms. The lowest BCUT2D eigenvalue weighted by Crippen LogP contribution is -2.23. The zero-order valence-electron chi connectivity index (χ0n) is 12.3. The number of benzene rings is 1. The summed E-state index contributed by atoms with van der Waals surface area (Å²) in [6.45, 7) is 3.24. The summed E-state index contributed by atoms with van der Waals surface area (Å²) >= 11 is 5.67. The van der Waals surface area contributed by atoms with E-state index in [1.807, 2.05) is 6.92 Å². The van der Waals surface area contributed by atoms with Crippen LogP contribution in [-0.4, -0.2) is 23.4 Å². The monoisotopic (exact) mass is 328 g/mol. The second-order valence-electron chi connectivity index (χ2n) is 4.77. The molecule has 0 saturated carbocycles. The van der Waals surface area contributed by atoms with Crippen molar-refractivity contribution in [3.8, 4) is 0 Å². The Morgan fingerprint density at radius 2 is 2.14 bits per heavy atom. The van der Waals surface area contributed by atoms with E-state index in [-0.39, 0.29) is 22.3 Å². The van der Waals surface area contributed by atoms with E-state index in [0.717, 1.165) is 12.5 Å². The Morgan fingerprint density at radius 3 is 2.73 bits per heavy atom. The minimum absolute atomic E-state index is 0.0252. The molecule has 22 heavy (non-hydrogen) atoms. The number of carbonyl (C=O) groups excluding carboxylic acids is 2. The van der Waals surface area contributed by atoms with Gasteiger partial charge in [0.1, 0.15) is 5.02 Å². The van der Waals surface area contributed by atoms with Crippen molar-refractivity contribution in [2.75, 3.05) is 11.9 Å². The first-order chi connectivity index (χ1) is 10.3. The molecule has 1 N–H and O–H groups in total. The smallest absolute Gasteiger partial charge is 0.309 e. The van der Waals surface area contributed by atoms with Gasteiger partial charge in [-0.2, -0.15) is 0 Å². The summed E-state index contributed by atoms with van der Waals surface area (Å²) < 4.78 is 4.88. The second-order valence-corrected chi connectivity index (χ2v) is 5.18. The van der Waals surface area contributed by atoms with E-state index < -0.39 is 23.4 Å². The third kappa shape index (κ3) is 5.33. The fourth-order valence-corrected chi connectivity index (χ4v) is 1.94. The Kier molecular flexibility index (Phi) is 6.78. The van der Waals surface area contributed by atoms with Crippen molar-refractivity contribution in [3.05, 3.63) is 33.3 Å². The van der Waals surface area contributed by atoms with Crippen molar-refractivity contribution in [1.82, 2.24) is 0 Å². The third-order valence-electron chi connectivity index (χ3n) is 2.90.